The highest BCUT2D eigenvalue weighted by molar-refractivity contribution is 7.99. The standard InChI is InChI=1S/C31H37N5O3S/c1-38-23-7-3-2-4-8-24-40-28-17-15-27(16-18-28)35-21-19-34(20-22-35)26-13-11-25(12-14-26)31(37)39-36-30-10-6-5-9-29(30)32-33-36/h5-6,9-18H,2-4,7-8,19-24H2,1H3. The number of ether oxygens (including phenoxy) is 1. The number of fused-ring (bicyclic) bond motifs is 1. The fourth-order valence-corrected chi connectivity index (χ4v) is 5.81. The van der Waals surface area contributed by atoms with E-state index in [0.717, 1.165) is 38.5 Å². The molecule has 0 N–H and O–H groups in total. The number of hydrogen-bond acceptors (Lipinski definition) is 8. The highest BCUT2D eigenvalue weighted by Crippen LogP contribution is 2.26. The molecule has 0 spiro atoms. The van der Waals surface area contributed by atoms with Gasteiger partial charge in [0, 0.05) is 56.2 Å². The van der Waals surface area contributed by atoms with Crippen LogP contribution >= 0.6 is 11.8 Å². The van der Waals surface area contributed by atoms with Gasteiger partial charge in [0.2, 0.25) is 0 Å². The zero-order valence-electron chi connectivity index (χ0n) is 23.1. The Hall–Kier alpha value is -3.56. The summed E-state index contributed by atoms with van der Waals surface area (Å²) in [4.78, 5) is 25.4. The maximum atomic E-state index is 12.7. The van der Waals surface area contributed by atoms with Gasteiger partial charge in [-0.3, -0.25) is 0 Å². The number of aromatic nitrogens is 3. The minimum absolute atomic E-state index is 0.466. The van der Waals surface area contributed by atoms with E-state index in [1.54, 1.807) is 19.2 Å². The monoisotopic (exact) mass is 559 g/mol. The Balaban J connectivity index is 1.05. The molecule has 2 heterocycles. The summed E-state index contributed by atoms with van der Waals surface area (Å²) in [6, 6.07) is 24.0. The third-order valence-electron chi connectivity index (χ3n) is 7.20. The van der Waals surface area contributed by atoms with Crippen molar-refractivity contribution in [3.8, 4) is 0 Å². The molecular formula is C31H37N5O3S. The highest BCUT2D eigenvalue weighted by atomic mass is 32.2. The summed E-state index contributed by atoms with van der Waals surface area (Å²) in [6.07, 6.45) is 6.30. The first-order chi connectivity index (χ1) is 19.7. The molecule has 1 aromatic heterocycles. The molecule has 0 aliphatic carbocycles. The van der Waals surface area contributed by atoms with Crippen LogP contribution < -0.4 is 14.6 Å². The minimum Gasteiger partial charge on any atom is -0.385 e. The molecule has 40 heavy (non-hydrogen) atoms. The smallest absolute Gasteiger partial charge is 0.365 e. The van der Waals surface area contributed by atoms with Gasteiger partial charge in [-0.15, -0.1) is 16.9 Å². The third kappa shape index (κ3) is 7.34. The van der Waals surface area contributed by atoms with Crippen molar-refractivity contribution in [3.63, 3.8) is 0 Å². The van der Waals surface area contributed by atoms with E-state index in [9.17, 15) is 4.79 Å². The molecule has 4 aromatic rings. The van der Waals surface area contributed by atoms with Gasteiger partial charge in [-0.2, -0.15) is 0 Å². The van der Waals surface area contributed by atoms with Crippen LogP contribution in [0, 0.1) is 0 Å². The second kappa shape index (κ2) is 14.2. The van der Waals surface area contributed by atoms with Crippen LogP contribution in [0.4, 0.5) is 11.4 Å². The van der Waals surface area contributed by atoms with Crippen LogP contribution in [0.15, 0.2) is 77.7 Å². The number of hydrogen-bond donors (Lipinski definition) is 0. The molecular weight excluding hydrogens is 522 g/mol. The van der Waals surface area contributed by atoms with Gasteiger partial charge in [0.05, 0.1) is 5.56 Å². The number of nitrogens with zero attached hydrogens (tertiary/aromatic N) is 5. The fourth-order valence-electron chi connectivity index (χ4n) is 4.90. The third-order valence-corrected chi connectivity index (χ3v) is 8.30. The summed E-state index contributed by atoms with van der Waals surface area (Å²) in [6.45, 7) is 4.65. The number of thioether (sulfide) groups is 1. The molecule has 0 bridgehead atoms. The first-order valence-corrected chi connectivity index (χ1v) is 15.0. The Labute approximate surface area is 240 Å². The molecule has 210 valence electrons. The van der Waals surface area contributed by atoms with Crippen LogP contribution in [0.5, 0.6) is 0 Å². The second-order valence-corrected chi connectivity index (χ2v) is 11.1. The van der Waals surface area contributed by atoms with E-state index in [-0.39, 0.29) is 0 Å². The Morgan fingerprint density at radius 1 is 0.800 bits per heavy atom. The second-order valence-electron chi connectivity index (χ2n) is 9.95. The summed E-state index contributed by atoms with van der Waals surface area (Å²) >= 11 is 1.95. The SMILES string of the molecule is COCCCCCCCSc1ccc(N2CCN(c3ccc(C(=O)On4nnc5ccccc54)cc3)CC2)cc1. The molecule has 9 heteroatoms. The zero-order valence-corrected chi connectivity index (χ0v) is 23.9. The first-order valence-electron chi connectivity index (χ1n) is 14.1. The van der Waals surface area contributed by atoms with Crippen LogP contribution in [0.2, 0.25) is 0 Å². The quantitative estimate of drug-likeness (QED) is 0.117. The van der Waals surface area contributed by atoms with Crippen molar-refractivity contribution in [1.29, 1.82) is 0 Å². The summed E-state index contributed by atoms with van der Waals surface area (Å²) < 4.78 is 5.11. The van der Waals surface area contributed by atoms with Crippen LogP contribution in [-0.2, 0) is 4.74 Å². The Kier molecular flexibility index (Phi) is 9.92. The highest BCUT2D eigenvalue weighted by Gasteiger charge is 2.19. The lowest BCUT2D eigenvalue weighted by Gasteiger charge is -2.37. The molecule has 0 radical (unpaired) electrons. The topological polar surface area (TPSA) is 72.7 Å². The van der Waals surface area contributed by atoms with Gasteiger partial charge >= 0.3 is 5.97 Å². The lowest BCUT2D eigenvalue weighted by atomic mass is 10.1. The molecule has 0 unspecified atom stereocenters. The zero-order chi connectivity index (χ0) is 27.6. The molecule has 0 atom stereocenters. The van der Waals surface area contributed by atoms with Crippen molar-refractivity contribution < 1.29 is 14.4 Å². The van der Waals surface area contributed by atoms with E-state index in [2.05, 4.69) is 44.4 Å². The average molecular weight is 560 g/mol. The number of unbranched alkanes of at least 4 members (excludes halogenated alkanes) is 4. The summed E-state index contributed by atoms with van der Waals surface area (Å²) in [5.41, 5.74) is 4.18. The van der Waals surface area contributed by atoms with Gasteiger partial charge in [-0.1, -0.05) is 36.2 Å². The molecule has 1 aliphatic heterocycles. The number of methoxy groups -OCH3 is 1. The number of para-hydroxylation sites is 1. The van der Waals surface area contributed by atoms with Crippen molar-refractivity contribution in [2.24, 2.45) is 0 Å². The summed E-state index contributed by atoms with van der Waals surface area (Å²) in [5.74, 6) is 0.711. The fraction of sp³-hybridized carbons (Fsp3) is 0.387. The molecule has 0 saturated carbocycles. The molecule has 1 fully saturated rings. The Bertz CT molecular complexity index is 1350. The number of benzene rings is 3. The minimum atomic E-state index is -0.466. The number of piperazine rings is 1. The van der Waals surface area contributed by atoms with Crippen molar-refractivity contribution in [3.05, 3.63) is 78.4 Å². The van der Waals surface area contributed by atoms with E-state index in [4.69, 9.17) is 9.57 Å². The lowest BCUT2D eigenvalue weighted by molar-refractivity contribution is 0.0409. The predicted molar refractivity (Wildman–Crippen MR) is 161 cm³/mol. The predicted octanol–water partition coefficient (Wildman–Crippen LogP) is 5.72. The number of carbonyl (C=O) groups excluding carboxylic acids is 1. The van der Waals surface area contributed by atoms with Crippen LogP contribution in [0.3, 0.4) is 0 Å². The van der Waals surface area contributed by atoms with Gasteiger partial charge in [0.25, 0.3) is 0 Å². The van der Waals surface area contributed by atoms with E-state index >= 15 is 0 Å². The lowest BCUT2D eigenvalue weighted by Crippen LogP contribution is -2.46. The Morgan fingerprint density at radius 2 is 1.43 bits per heavy atom. The van der Waals surface area contributed by atoms with Crippen molar-refractivity contribution >= 4 is 40.1 Å². The average Bonchev–Trinajstić information content (AvgIpc) is 3.41. The number of carbonyl (C=O) groups is 1. The van der Waals surface area contributed by atoms with Crippen LogP contribution in [0.25, 0.3) is 11.0 Å². The van der Waals surface area contributed by atoms with Gasteiger partial charge < -0.3 is 19.4 Å². The molecule has 0 amide bonds. The Morgan fingerprint density at radius 3 is 2.12 bits per heavy atom. The van der Waals surface area contributed by atoms with Gasteiger partial charge in [0.15, 0.2) is 0 Å². The maximum absolute atomic E-state index is 12.7. The molecule has 1 aliphatic rings. The maximum Gasteiger partial charge on any atom is 0.365 e. The summed E-state index contributed by atoms with van der Waals surface area (Å²) in [5, 5.41) is 7.95. The van der Waals surface area contributed by atoms with Gasteiger partial charge in [0.1, 0.15) is 11.0 Å². The van der Waals surface area contributed by atoms with E-state index in [1.165, 1.54) is 53.3 Å². The van der Waals surface area contributed by atoms with Gasteiger partial charge in [-0.05, 0) is 84.5 Å². The van der Waals surface area contributed by atoms with E-state index in [0.29, 0.717) is 16.6 Å². The largest absolute Gasteiger partial charge is 0.385 e. The first kappa shape index (κ1) is 28.0. The van der Waals surface area contributed by atoms with Crippen molar-refractivity contribution in [2.75, 3.05) is 55.4 Å². The molecule has 3 aromatic carbocycles. The van der Waals surface area contributed by atoms with E-state index in [1.807, 2.05) is 48.2 Å². The number of rotatable bonds is 13. The van der Waals surface area contributed by atoms with E-state index < -0.39 is 5.97 Å². The van der Waals surface area contributed by atoms with Crippen LogP contribution in [-0.4, -0.2) is 66.8 Å². The van der Waals surface area contributed by atoms with Crippen molar-refractivity contribution in [1.82, 2.24) is 15.2 Å². The molecule has 5 rings (SSSR count). The van der Waals surface area contributed by atoms with Crippen LogP contribution in [0.1, 0.15) is 42.5 Å². The molecule has 8 nitrogen and oxygen atoms in total. The van der Waals surface area contributed by atoms with Gasteiger partial charge in [-0.25, -0.2) is 4.79 Å². The van der Waals surface area contributed by atoms with Crippen molar-refractivity contribution in [2.45, 2.75) is 37.0 Å². The normalized spacial score (nSPS) is 13.6. The molecule has 1 saturated heterocycles. The number of anilines is 2. The summed E-state index contributed by atoms with van der Waals surface area (Å²) in [7, 11) is 1.77.